The zero-order chi connectivity index (χ0) is 13.9. The lowest BCUT2D eigenvalue weighted by Crippen LogP contribution is -2.92. The van der Waals surface area contributed by atoms with Crippen molar-refractivity contribution in [1.82, 2.24) is 0 Å². The minimum atomic E-state index is -5.17. The zero-order valence-electron chi connectivity index (χ0n) is 9.71. The van der Waals surface area contributed by atoms with Crippen LogP contribution in [0.25, 0.3) is 0 Å². The van der Waals surface area contributed by atoms with E-state index in [-0.39, 0.29) is 12.2 Å². The van der Waals surface area contributed by atoms with Crippen molar-refractivity contribution in [2.24, 2.45) is 5.73 Å². The Morgan fingerprint density at radius 1 is 1.35 bits per heavy atom. The SMILES string of the molecule is CCOC(C[NH2+]C(=N)N)OCC.O=S(=O)([O-])[O-]. The molecule has 0 unspecified atom stereocenters. The second-order valence-corrected chi connectivity index (χ2v) is 3.46. The third-order valence-corrected chi connectivity index (χ3v) is 1.24. The molecule has 104 valence electrons. The molecule has 0 aliphatic rings. The lowest BCUT2D eigenvalue weighted by atomic mass is 10.6. The molecule has 0 saturated carbocycles. The Balaban J connectivity index is 0. The lowest BCUT2D eigenvalue weighted by molar-refractivity contribution is -0.563. The van der Waals surface area contributed by atoms with E-state index in [1.165, 1.54) is 0 Å². The quantitative estimate of drug-likeness (QED) is 0.158. The third kappa shape index (κ3) is 25.5. The van der Waals surface area contributed by atoms with Gasteiger partial charge in [-0.3, -0.25) is 13.7 Å². The van der Waals surface area contributed by atoms with E-state index < -0.39 is 10.4 Å². The molecule has 0 aromatic rings. The van der Waals surface area contributed by atoms with Crippen molar-refractivity contribution in [3.63, 3.8) is 0 Å². The summed E-state index contributed by atoms with van der Waals surface area (Å²) in [6, 6.07) is 0. The highest BCUT2D eigenvalue weighted by Crippen LogP contribution is 1.90. The van der Waals surface area contributed by atoms with Crippen LogP contribution in [0.3, 0.4) is 0 Å². The molecule has 0 atom stereocenters. The van der Waals surface area contributed by atoms with Gasteiger partial charge in [-0.05, 0) is 13.8 Å². The Hall–Kier alpha value is -0.780. The van der Waals surface area contributed by atoms with Crippen molar-refractivity contribution < 1.29 is 32.3 Å². The van der Waals surface area contributed by atoms with Crippen LogP contribution in [0.15, 0.2) is 0 Å². The first-order chi connectivity index (χ1) is 7.70. The van der Waals surface area contributed by atoms with E-state index >= 15 is 0 Å². The van der Waals surface area contributed by atoms with Crippen LogP contribution in [0.1, 0.15) is 13.8 Å². The summed E-state index contributed by atoms with van der Waals surface area (Å²) in [6.45, 7) is 5.56. The molecule has 9 nitrogen and oxygen atoms in total. The van der Waals surface area contributed by atoms with Gasteiger partial charge in [0.15, 0.2) is 0 Å². The fraction of sp³-hybridized carbons (Fsp3) is 0.857. The van der Waals surface area contributed by atoms with Gasteiger partial charge in [0.1, 0.15) is 6.54 Å². The number of guanidine groups is 1. The molecule has 0 aromatic heterocycles. The van der Waals surface area contributed by atoms with Crippen LogP contribution in [0.2, 0.25) is 0 Å². The summed E-state index contributed by atoms with van der Waals surface area (Å²) in [5.74, 6) is 0.0550. The van der Waals surface area contributed by atoms with Gasteiger partial charge in [0.05, 0.1) is 0 Å². The van der Waals surface area contributed by atoms with Crippen molar-refractivity contribution in [2.75, 3.05) is 19.8 Å². The van der Waals surface area contributed by atoms with Gasteiger partial charge in [0.2, 0.25) is 6.29 Å². The number of nitrogens with two attached hydrogens (primary N) is 2. The molecule has 10 heteroatoms. The number of hydrogen-bond donors (Lipinski definition) is 3. The van der Waals surface area contributed by atoms with Gasteiger partial charge in [0, 0.05) is 23.6 Å². The van der Waals surface area contributed by atoms with E-state index in [9.17, 15) is 0 Å². The van der Waals surface area contributed by atoms with E-state index in [1.54, 1.807) is 5.32 Å². The number of quaternary nitrogens is 1. The largest absolute Gasteiger partial charge is 0.759 e. The smallest absolute Gasteiger partial charge is 0.288 e. The van der Waals surface area contributed by atoms with Crippen LogP contribution in [0.5, 0.6) is 0 Å². The van der Waals surface area contributed by atoms with E-state index in [4.69, 9.17) is 38.1 Å². The van der Waals surface area contributed by atoms with Gasteiger partial charge in [-0.1, -0.05) is 0 Å². The molecule has 0 aliphatic heterocycles. The molecule has 0 rings (SSSR count). The van der Waals surface area contributed by atoms with Gasteiger partial charge in [-0.25, -0.2) is 5.41 Å². The summed E-state index contributed by atoms with van der Waals surface area (Å²) in [7, 11) is -5.17. The molecule has 17 heavy (non-hydrogen) atoms. The maximum absolute atomic E-state index is 8.52. The first-order valence-electron chi connectivity index (χ1n) is 4.77. The second-order valence-electron chi connectivity index (χ2n) is 2.64. The summed E-state index contributed by atoms with van der Waals surface area (Å²) in [6.07, 6.45) is -0.260. The zero-order valence-corrected chi connectivity index (χ0v) is 10.5. The van der Waals surface area contributed by atoms with Crippen LogP contribution in [-0.4, -0.2) is 49.5 Å². The molecule has 0 spiro atoms. The predicted molar refractivity (Wildman–Crippen MR) is 56.2 cm³/mol. The van der Waals surface area contributed by atoms with Gasteiger partial charge >= 0.3 is 0 Å². The van der Waals surface area contributed by atoms with Crippen molar-refractivity contribution in [1.29, 1.82) is 5.41 Å². The Labute approximate surface area is 100 Å². The van der Waals surface area contributed by atoms with Crippen molar-refractivity contribution in [2.45, 2.75) is 20.1 Å². The number of hydrogen-bond acceptors (Lipinski definition) is 7. The van der Waals surface area contributed by atoms with E-state index in [1.807, 2.05) is 13.8 Å². The van der Waals surface area contributed by atoms with Gasteiger partial charge in [-0.2, -0.15) is 0 Å². The Morgan fingerprint density at radius 2 is 1.71 bits per heavy atom. The average Bonchev–Trinajstić information content (AvgIpc) is 2.12. The Bertz CT molecular complexity index is 280. The number of nitrogens with one attached hydrogen (secondary N) is 1. The van der Waals surface area contributed by atoms with Crippen LogP contribution in [0, 0.1) is 5.41 Å². The first-order valence-corrected chi connectivity index (χ1v) is 6.11. The van der Waals surface area contributed by atoms with E-state index in [2.05, 4.69) is 0 Å². The minimum absolute atomic E-state index is 0.0550. The van der Waals surface area contributed by atoms with Crippen LogP contribution in [0.4, 0.5) is 0 Å². The summed E-state index contributed by atoms with van der Waals surface area (Å²) in [4.78, 5) is 0. The fourth-order valence-corrected chi connectivity index (χ4v) is 0.779. The maximum Gasteiger partial charge on any atom is 0.288 e. The Morgan fingerprint density at radius 3 is 1.94 bits per heavy atom. The maximum atomic E-state index is 8.52. The molecule has 0 fully saturated rings. The normalized spacial score (nSPS) is 10.9. The molecule has 0 aliphatic carbocycles. The average molecular weight is 272 g/mol. The highest BCUT2D eigenvalue weighted by Gasteiger charge is 2.10. The van der Waals surface area contributed by atoms with E-state index in [0.717, 1.165) is 0 Å². The molecule has 0 radical (unpaired) electrons. The molecule has 0 aromatic carbocycles. The molecule has 0 amide bonds. The highest BCUT2D eigenvalue weighted by molar-refractivity contribution is 7.79. The predicted octanol–water partition coefficient (Wildman–Crippen LogP) is -2.50. The molecule has 0 bridgehead atoms. The summed E-state index contributed by atoms with van der Waals surface area (Å²) in [5.41, 5.74) is 5.15. The summed E-state index contributed by atoms with van der Waals surface area (Å²) in [5, 5.41) is 8.54. The first kappa shape index (κ1) is 18.6. The topological polar surface area (TPSA) is 165 Å². The van der Waals surface area contributed by atoms with Crippen LogP contribution in [-0.2, 0) is 19.9 Å². The number of rotatable bonds is 6. The fourth-order valence-electron chi connectivity index (χ4n) is 0.779. The standard InChI is InChI=1S/C7H17N3O2.H2O4S/c1-3-11-6(12-4-2)5-10-7(8)9;1-5(2,3)4/h6H,3-5H2,1-2H3,(H4,8,9,10);(H2,1,2,3,4)/p-1. The highest BCUT2D eigenvalue weighted by atomic mass is 32.3. The van der Waals surface area contributed by atoms with Gasteiger partial charge in [-0.15, -0.1) is 0 Å². The molecule has 0 saturated heterocycles. The van der Waals surface area contributed by atoms with Crippen LogP contribution < -0.4 is 11.1 Å². The molecular weight excluding hydrogens is 254 g/mol. The molecule has 0 heterocycles. The Kier molecular flexibility index (Phi) is 11.3. The third-order valence-electron chi connectivity index (χ3n) is 1.24. The summed E-state index contributed by atoms with van der Waals surface area (Å²) < 4.78 is 44.5. The number of ether oxygens (including phenoxy) is 2. The summed E-state index contributed by atoms with van der Waals surface area (Å²) >= 11 is 0. The minimum Gasteiger partial charge on any atom is -0.759 e. The van der Waals surface area contributed by atoms with Crippen LogP contribution >= 0.6 is 0 Å². The van der Waals surface area contributed by atoms with Crippen molar-refractivity contribution in [3.8, 4) is 0 Å². The molecule has 5 N–H and O–H groups in total. The molecular formula is C7H18N3O6S-. The lowest BCUT2D eigenvalue weighted by Gasteiger charge is -2.14. The second kappa shape index (κ2) is 10.4. The van der Waals surface area contributed by atoms with Crippen molar-refractivity contribution in [3.05, 3.63) is 0 Å². The van der Waals surface area contributed by atoms with E-state index in [0.29, 0.717) is 19.8 Å². The van der Waals surface area contributed by atoms with Gasteiger partial charge in [0.25, 0.3) is 5.96 Å². The van der Waals surface area contributed by atoms with Gasteiger partial charge < -0.3 is 24.3 Å². The van der Waals surface area contributed by atoms with Crippen molar-refractivity contribution >= 4 is 16.4 Å². The monoisotopic (exact) mass is 272 g/mol.